The molecule has 1 saturated heterocycles. The van der Waals surface area contributed by atoms with Gasteiger partial charge in [0.05, 0.1) is 5.69 Å². The van der Waals surface area contributed by atoms with E-state index in [1.807, 2.05) is 30.9 Å². The van der Waals surface area contributed by atoms with Crippen molar-refractivity contribution in [2.24, 2.45) is 0 Å². The van der Waals surface area contributed by atoms with Crippen LogP contribution in [0.15, 0.2) is 42.7 Å². The lowest BCUT2D eigenvalue weighted by Crippen LogP contribution is -2.36. The van der Waals surface area contributed by atoms with Crippen molar-refractivity contribution in [1.82, 2.24) is 9.88 Å². The summed E-state index contributed by atoms with van der Waals surface area (Å²) in [6.45, 7) is 6.14. The second kappa shape index (κ2) is 7.64. The molecule has 132 valence electrons. The van der Waals surface area contributed by atoms with Crippen LogP contribution in [0, 0.1) is 5.82 Å². The first-order valence-corrected chi connectivity index (χ1v) is 8.80. The summed E-state index contributed by atoms with van der Waals surface area (Å²) in [5.41, 5.74) is 1.94. The summed E-state index contributed by atoms with van der Waals surface area (Å²) < 4.78 is 14.5. The quantitative estimate of drug-likeness (QED) is 0.828. The van der Waals surface area contributed by atoms with Crippen molar-refractivity contribution in [3.63, 3.8) is 0 Å². The zero-order chi connectivity index (χ0) is 17.8. The van der Waals surface area contributed by atoms with E-state index in [1.165, 1.54) is 6.07 Å². The van der Waals surface area contributed by atoms with Crippen molar-refractivity contribution >= 4 is 11.6 Å². The summed E-state index contributed by atoms with van der Waals surface area (Å²) in [7, 11) is 0. The molecule has 1 amide bonds. The SMILES string of the molecule is CC(C)N(Cc1cccnc1)C(=O)c1ccc(N2CCCC2)c(F)c1. The number of carbonyl (C=O) groups is 1. The lowest BCUT2D eigenvalue weighted by molar-refractivity contribution is 0.0689. The van der Waals surface area contributed by atoms with Crippen LogP contribution in [-0.2, 0) is 6.54 Å². The Kier molecular flexibility index (Phi) is 5.31. The van der Waals surface area contributed by atoms with E-state index in [1.54, 1.807) is 29.4 Å². The van der Waals surface area contributed by atoms with E-state index >= 15 is 0 Å². The molecule has 1 aliphatic heterocycles. The molecular formula is C20H24FN3O. The summed E-state index contributed by atoms with van der Waals surface area (Å²) in [5.74, 6) is -0.483. The first-order chi connectivity index (χ1) is 12.1. The van der Waals surface area contributed by atoms with Gasteiger partial charge in [0.25, 0.3) is 5.91 Å². The van der Waals surface area contributed by atoms with Gasteiger partial charge in [-0.05, 0) is 56.5 Å². The van der Waals surface area contributed by atoms with Crippen LogP contribution in [0.2, 0.25) is 0 Å². The molecule has 2 heterocycles. The highest BCUT2D eigenvalue weighted by atomic mass is 19.1. The Balaban J connectivity index is 1.81. The van der Waals surface area contributed by atoms with Crippen molar-refractivity contribution in [2.75, 3.05) is 18.0 Å². The van der Waals surface area contributed by atoms with Crippen molar-refractivity contribution in [3.8, 4) is 0 Å². The van der Waals surface area contributed by atoms with Gasteiger partial charge in [-0.3, -0.25) is 9.78 Å². The third kappa shape index (κ3) is 3.98. The second-order valence-electron chi connectivity index (χ2n) is 6.75. The fraction of sp³-hybridized carbons (Fsp3) is 0.400. The Morgan fingerprint density at radius 3 is 2.64 bits per heavy atom. The Labute approximate surface area is 148 Å². The molecule has 3 rings (SSSR count). The van der Waals surface area contributed by atoms with Gasteiger partial charge in [0.15, 0.2) is 0 Å². The van der Waals surface area contributed by atoms with Crippen LogP contribution < -0.4 is 4.90 Å². The van der Waals surface area contributed by atoms with Crippen LogP contribution in [0.4, 0.5) is 10.1 Å². The van der Waals surface area contributed by atoms with Crippen LogP contribution >= 0.6 is 0 Å². The predicted molar refractivity (Wildman–Crippen MR) is 97.1 cm³/mol. The van der Waals surface area contributed by atoms with E-state index in [-0.39, 0.29) is 17.8 Å². The predicted octanol–water partition coefficient (Wildman–Crippen LogP) is 3.87. The molecule has 1 aromatic carbocycles. The Bertz CT molecular complexity index is 727. The van der Waals surface area contributed by atoms with Crippen molar-refractivity contribution in [3.05, 3.63) is 59.7 Å². The molecule has 0 atom stereocenters. The number of hydrogen-bond acceptors (Lipinski definition) is 3. The van der Waals surface area contributed by atoms with E-state index in [4.69, 9.17) is 0 Å². The molecule has 0 unspecified atom stereocenters. The highest BCUT2D eigenvalue weighted by Gasteiger charge is 2.22. The van der Waals surface area contributed by atoms with Gasteiger partial charge in [-0.2, -0.15) is 0 Å². The maximum atomic E-state index is 14.5. The normalized spacial score (nSPS) is 14.2. The molecule has 1 aromatic heterocycles. The number of halogens is 1. The number of anilines is 1. The minimum Gasteiger partial charge on any atom is -0.369 e. The second-order valence-corrected chi connectivity index (χ2v) is 6.75. The van der Waals surface area contributed by atoms with Gasteiger partial charge in [-0.15, -0.1) is 0 Å². The zero-order valence-electron chi connectivity index (χ0n) is 14.8. The summed E-state index contributed by atoms with van der Waals surface area (Å²) in [5, 5.41) is 0. The summed E-state index contributed by atoms with van der Waals surface area (Å²) in [4.78, 5) is 20.8. The van der Waals surface area contributed by atoms with Gasteiger partial charge in [0, 0.05) is 43.6 Å². The average Bonchev–Trinajstić information content (AvgIpc) is 3.14. The average molecular weight is 341 g/mol. The first-order valence-electron chi connectivity index (χ1n) is 8.80. The number of amides is 1. The van der Waals surface area contributed by atoms with E-state index in [2.05, 4.69) is 4.98 Å². The molecule has 0 spiro atoms. The molecule has 1 fully saturated rings. The highest BCUT2D eigenvalue weighted by Crippen LogP contribution is 2.25. The number of aromatic nitrogens is 1. The molecule has 25 heavy (non-hydrogen) atoms. The zero-order valence-corrected chi connectivity index (χ0v) is 14.8. The molecule has 0 N–H and O–H groups in total. The summed E-state index contributed by atoms with van der Waals surface area (Å²) in [6, 6.07) is 8.63. The Morgan fingerprint density at radius 1 is 1.28 bits per heavy atom. The monoisotopic (exact) mass is 341 g/mol. The van der Waals surface area contributed by atoms with E-state index < -0.39 is 0 Å². The van der Waals surface area contributed by atoms with Gasteiger partial charge in [0.2, 0.25) is 0 Å². The van der Waals surface area contributed by atoms with Gasteiger partial charge in [-0.25, -0.2) is 4.39 Å². The van der Waals surface area contributed by atoms with Crippen molar-refractivity contribution in [1.29, 1.82) is 0 Å². The molecule has 0 aliphatic carbocycles. The Morgan fingerprint density at radius 2 is 2.04 bits per heavy atom. The van der Waals surface area contributed by atoms with Crippen molar-refractivity contribution < 1.29 is 9.18 Å². The maximum Gasteiger partial charge on any atom is 0.254 e. The highest BCUT2D eigenvalue weighted by molar-refractivity contribution is 5.94. The lowest BCUT2D eigenvalue weighted by atomic mass is 10.1. The number of pyridine rings is 1. The number of hydrogen-bond donors (Lipinski definition) is 0. The van der Waals surface area contributed by atoms with Gasteiger partial charge >= 0.3 is 0 Å². The third-order valence-corrected chi connectivity index (χ3v) is 4.60. The molecule has 0 bridgehead atoms. The number of rotatable bonds is 5. The van der Waals surface area contributed by atoms with E-state index in [0.717, 1.165) is 31.5 Å². The molecule has 0 radical (unpaired) electrons. The van der Waals surface area contributed by atoms with E-state index in [0.29, 0.717) is 17.8 Å². The van der Waals surface area contributed by atoms with Crippen LogP contribution in [-0.4, -0.2) is 34.9 Å². The fourth-order valence-electron chi connectivity index (χ4n) is 3.20. The van der Waals surface area contributed by atoms with Crippen LogP contribution in [0.3, 0.4) is 0 Å². The van der Waals surface area contributed by atoms with Gasteiger partial charge < -0.3 is 9.80 Å². The largest absolute Gasteiger partial charge is 0.369 e. The molecule has 5 heteroatoms. The molecule has 4 nitrogen and oxygen atoms in total. The fourth-order valence-corrected chi connectivity index (χ4v) is 3.20. The Hall–Kier alpha value is -2.43. The number of carbonyl (C=O) groups excluding carboxylic acids is 1. The van der Waals surface area contributed by atoms with E-state index in [9.17, 15) is 9.18 Å². The minimum absolute atomic E-state index is 0.00836. The topological polar surface area (TPSA) is 36.4 Å². The maximum absolute atomic E-state index is 14.5. The lowest BCUT2D eigenvalue weighted by Gasteiger charge is -2.27. The number of nitrogens with zero attached hydrogens (tertiary/aromatic N) is 3. The molecule has 0 saturated carbocycles. The van der Waals surface area contributed by atoms with Crippen LogP contribution in [0.25, 0.3) is 0 Å². The van der Waals surface area contributed by atoms with Crippen LogP contribution in [0.1, 0.15) is 42.6 Å². The third-order valence-electron chi connectivity index (χ3n) is 4.60. The molecule has 2 aromatic rings. The first kappa shape index (κ1) is 17.4. The van der Waals surface area contributed by atoms with Crippen LogP contribution in [0.5, 0.6) is 0 Å². The number of benzene rings is 1. The van der Waals surface area contributed by atoms with Gasteiger partial charge in [0.1, 0.15) is 5.82 Å². The minimum atomic E-state index is -0.321. The smallest absolute Gasteiger partial charge is 0.254 e. The van der Waals surface area contributed by atoms with Crippen molar-refractivity contribution in [2.45, 2.75) is 39.3 Å². The molecule has 1 aliphatic rings. The molecular weight excluding hydrogens is 317 g/mol. The summed E-state index contributed by atoms with van der Waals surface area (Å²) in [6.07, 6.45) is 5.63. The standard InChI is InChI=1S/C20H24FN3O/c1-15(2)24(14-16-6-5-9-22-13-16)20(25)17-7-8-19(18(21)12-17)23-10-3-4-11-23/h5-9,12-13,15H,3-4,10-11,14H2,1-2H3. The summed E-state index contributed by atoms with van der Waals surface area (Å²) >= 11 is 0. The van der Waals surface area contributed by atoms with Gasteiger partial charge in [-0.1, -0.05) is 6.07 Å².